The molecule has 3 aromatic rings. The molecule has 1 N–H and O–H groups in total. The Hall–Kier alpha value is -2.90. The van der Waals surface area contributed by atoms with E-state index in [2.05, 4.69) is 5.32 Å². The molecule has 1 atom stereocenters. The lowest BCUT2D eigenvalue weighted by Gasteiger charge is -2.22. The van der Waals surface area contributed by atoms with Gasteiger partial charge in [0.2, 0.25) is 5.91 Å². The zero-order valence-electron chi connectivity index (χ0n) is 16.1. The van der Waals surface area contributed by atoms with Crippen molar-refractivity contribution < 1.29 is 18.7 Å². The fourth-order valence-electron chi connectivity index (χ4n) is 3.16. The summed E-state index contributed by atoms with van der Waals surface area (Å²) in [6.45, 7) is 0. The van der Waals surface area contributed by atoms with Crippen molar-refractivity contribution in [2.24, 2.45) is 0 Å². The van der Waals surface area contributed by atoms with E-state index in [4.69, 9.17) is 20.8 Å². The van der Waals surface area contributed by atoms with Crippen LogP contribution in [0.4, 0.5) is 5.69 Å². The Morgan fingerprint density at radius 2 is 1.90 bits per heavy atom. The molecule has 6 nitrogen and oxygen atoms in total. The molecule has 2 amide bonds. The van der Waals surface area contributed by atoms with Crippen molar-refractivity contribution in [1.82, 2.24) is 4.90 Å². The van der Waals surface area contributed by atoms with Gasteiger partial charge in [-0.25, -0.2) is 0 Å². The average Bonchev–Trinajstić information content (AvgIpc) is 3.44. The molecule has 1 aliphatic heterocycles. The highest BCUT2D eigenvalue weighted by Gasteiger charge is 2.36. The van der Waals surface area contributed by atoms with E-state index in [0.717, 1.165) is 0 Å². The number of ether oxygens (including phenoxy) is 1. The van der Waals surface area contributed by atoms with Crippen molar-refractivity contribution in [2.45, 2.75) is 6.04 Å². The van der Waals surface area contributed by atoms with E-state index < -0.39 is 6.04 Å². The molecule has 0 radical (unpaired) electrons. The Balaban J connectivity index is 1.48. The van der Waals surface area contributed by atoms with Gasteiger partial charge in [0, 0.05) is 17.0 Å². The number of carbonyl (C=O) groups is 2. The van der Waals surface area contributed by atoms with Crippen molar-refractivity contribution in [1.29, 1.82) is 0 Å². The SMILES string of the molecule is COc1ccc(NC(=O)C2CSCN2C(=O)c2ccc(-c3ccccc3Cl)o2)cc1. The minimum atomic E-state index is -0.585. The lowest BCUT2D eigenvalue weighted by atomic mass is 10.2. The van der Waals surface area contributed by atoms with E-state index in [0.29, 0.717) is 39.4 Å². The summed E-state index contributed by atoms with van der Waals surface area (Å²) < 4.78 is 10.9. The number of benzene rings is 2. The first-order valence-corrected chi connectivity index (χ1v) is 10.8. The quantitative estimate of drug-likeness (QED) is 0.616. The molecule has 4 rings (SSSR count). The predicted octanol–water partition coefficient (Wildman–Crippen LogP) is 4.76. The molecule has 0 bridgehead atoms. The highest BCUT2D eigenvalue weighted by molar-refractivity contribution is 7.99. The number of thioether (sulfide) groups is 1. The van der Waals surface area contributed by atoms with Gasteiger partial charge in [0.25, 0.3) is 5.91 Å². The van der Waals surface area contributed by atoms with Crippen LogP contribution in [0, 0.1) is 0 Å². The van der Waals surface area contributed by atoms with Crippen molar-refractivity contribution in [3.05, 3.63) is 71.4 Å². The molecular weight excluding hydrogens is 424 g/mol. The highest BCUT2D eigenvalue weighted by atomic mass is 35.5. The zero-order valence-corrected chi connectivity index (χ0v) is 17.7. The van der Waals surface area contributed by atoms with Crippen molar-refractivity contribution in [2.75, 3.05) is 24.1 Å². The maximum Gasteiger partial charge on any atom is 0.290 e. The third kappa shape index (κ3) is 4.17. The highest BCUT2D eigenvalue weighted by Crippen LogP contribution is 2.31. The largest absolute Gasteiger partial charge is 0.497 e. The lowest BCUT2D eigenvalue weighted by Crippen LogP contribution is -2.44. The zero-order chi connectivity index (χ0) is 21.1. The summed E-state index contributed by atoms with van der Waals surface area (Å²) in [6, 6.07) is 17.0. The van der Waals surface area contributed by atoms with Gasteiger partial charge in [-0.1, -0.05) is 23.7 Å². The molecule has 1 fully saturated rings. The number of amides is 2. The third-order valence-corrected chi connectivity index (χ3v) is 6.10. The minimum Gasteiger partial charge on any atom is -0.497 e. The standard InChI is InChI=1S/C22H19ClN2O4S/c1-28-15-8-6-14(7-9-15)24-21(26)18-12-30-13-25(18)22(27)20-11-10-19(29-20)16-4-2-3-5-17(16)23/h2-11,18H,12-13H2,1H3,(H,24,26). The molecule has 1 aromatic heterocycles. The average molecular weight is 443 g/mol. The molecule has 30 heavy (non-hydrogen) atoms. The predicted molar refractivity (Wildman–Crippen MR) is 118 cm³/mol. The van der Waals surface area contributed by atoms with Gasteiger partial charge in [-0.2, -0.15) is 0 Å². The second kappa shape index (κ2) is 8.85. The van der Waals surface area contributed by atoms with E-state index in [-0.39, 0.29) is 17.6 Å². The van der Waals surface area contributed by atoms with E-state index in [9.17, 15) is 9.59 Å². The summed E-state index contributed by atoms with van der Waals surface area (Å²) in [6.07, 6.45) is 0. The summed E-state index contributed by atoms with van der Waals surface area (Å²) in [5, 5.41) is 3.40. The number of furan rings is 1. The van der Waals surface area contributed by atoms with Crippen LogP contribution in [0.5, 0.6) is 5.75 Å². The number of methoxy groups -OCH3 is 1. The Kier molecular flexibility index (Phi) is 6.01. The van der Waals surface area contributed by atoms with Crippen molar-refractivity contribution in [3.63, 3.8) is 0 Å². The van der Waals surface area contributed by atoms with Crippen LogP contribution in [-0.4, -0.2) is 41.5 Å². The van der Waals surface area contributed by atoms with Crippen molar-refractivity contribution >= 4 is 40.9 Å². The summed E-state index contributed by atoms with van der Waals surface area (Å²) in [5.41, 5.74) is 1.35. The Bertz CT molecular complexity index is 1070. The van der Waals surface area contributed by atoms with Gasteiger partial charge in [-0.15, -0.1) is 11.8 Å². The molecule has 1 aliphatic rings. The Morgan fingerprint density at radius 1 is 1.13 bits per heavy atom. The van der Waals surface area contributed by atoms with Gasteiger partial charge >= 0.3 is 0 Å². The molecular formula is C22H19ClN2O4S. The molecule has 154 valence electrons. The van der Waals surface area contributed by atoms with Gasteiger partial charge in [-0.3, -0.25) is 9.59 Å². The number of carbonyl (C=O) groups excluding carboxylic acids is 2. The van der Waals surface area contributed by atoms with Gasteiger partial charge < -0.3 is 19.4 Å². The fraction of sp³-hybridized carbons (Fsp3) is 0.182. The molecule has 1 saturated heterocycles. The minimum absolute atomic E-state index is 0.176. The van der Waals surface area contributed by atoms with Crippen LogP contribution >= 0.6 is 23.4 Å². The molecule has 0 spiro atoms. The molecule has 2 heterocycles. The van der Waals surface area contributed by atoms with Crippen LogP contribution in [0.1, 0.15) is 10.6 Å². The molecule has 8 heteroatoms. The molecule has 2 aromatic carbocycles. The number of nitrogens with one attached hydrogen (secondary N) is 1. The Morgan fingerprint density at radius 3 is 2.63 bits per heavy atom. The maximum absolute atomic E-state index is 13.0. The maximum atomic E-state index is 13.0. The van der Waals surface area contributed by atoms with Gasteiger partial charge in [-0.05, 0) is 48.5 Å². The lowest BCUT2D eigenvalue weighted by molar-refractivity contribution is -0.119. The van der Waals surface area contributed by atoms with Gasteiger partial charge in [0.1, 0.15) is 17.6 Å². The Labute approximate surface area is 183 Å². The molecule has 1 unspecified atom stereocenters. The van der Waals surface area contributed by atoms with Crippen LogP contribution in [0.15, 0.2) is 65.1 Å². The first-order chi connectivity index (χ1) is 14.6. The summed E-state index contributed by atoms with van der Waals surface area (Å²) in [4.78, 5) is 27.3. The molecule has 0 saturated carbocycles. The van der Waals surface area contributed by atoms with E-state index in [1.807, 2.05) is 18.2 Å². The fourth-order valence-corrected chi connectivity index (χ4v) is 4.54. The number of hydrogen-bond acceptors (Lipinski definition) is 5. The van der Waals surface area contributed by atoms with E-state index in [1.165, 1.54) is 16.7 Å². The van der Waals surface area contributed by atoms with E-state index in [1.54, 1.807) is 49.6 Å². The van der Waals surface area contributed by atoms with Crippen LogP contribution in [-0.2, 0) is 4.79 Å². The van der Waals surface area contributed by atoms with Crippen molar-refractivity contribution in [3.8, 4) is 17.1 Å². The second-order valence-electron chi connectivity index (χ2n) is 6.65. The first-order valence-electron chi connectivity index (χ1n) is 9.25. The summed E-state index contributed by atoms with van der Waals surface area (Å²) in [5.74, 6) is 1.76. The molecule has 0 aliphatic carbocycles. The van der Waals surface area contributed by atoms with Gasteiger partial charge in [0.15, 0.2) is 5.76 Å². The first kappa shape index (κ1) is 20.4. The van der Waals surface area contributed by atoms with Crippen LogP contribution < -0.4 is 10.1 Å². The van der Waals surface area contributed by atoms with E-state index >= 15 is 0 Å². The normalized spacial score (nSPS) is 15.8. The number of rotatable bonds is 5. The van der Waals surface area contributed by atoms with Crippen LogP contribution in [0.25, 0.3) is 11.3 Å². The van der Waals surface area contributed by atoms with Gasteiger partial charge in [0.05, 0.1) is 18.0 Å². The summed E-state index contributed by atoms with van der Waals surface area (Å²) >= 11 is 7.74. The third-order valence-electron chi connectivity index (χ3n) is 4.76. The van der Waals surface area contributed by atoms with Crippen LogP contribution in [0.3, 0.4) is 0 Å². The number of halogens is 1. The van der Waals surface area contributed by atoms with Crippen LogP contribution in [0.2, 0.25) is 5.02 Å². The number of anilines is 1. The number of nitrogens with zero attached hydrogens (tertiary/aromatic N) is 1. The monoisotopic (exact) mass is 442 g/mol. The number of hydrogen-bond donors (Lipinski definition) is 1. The second-order valence-corrected chi connectivity index (χ2v) is 8.06. The topological polar surface area (TPSA) is 71.8 Å². The smallest absolute Gasteiger partial charge is 0.290 e. The summed E-state index contributed by atoms with van der Waals surface area (Å²) in [7, 11) is 1.58.